The van der Waals surface area contributed by atoms with Crippen LogP contribution in [0.4, 0.5) is 19.3 Å². The van der Waals surface area contributed by atoms with E-state index in [1.165, 1.54) is 47.5 Å². The summed E-state index contributed by atoms with van der Waals surface area (Å²) in [7, 11) is 1.59. The molecule has 2 aromatic carbocycles. The topological polar surface area (TPSA) is 65.2 Å². The first-order valence-electron chi connectivity index (χ1n) is 8.38. The molecule has 0 aliphatic rings. The summed E-state index contributed by atoms with van der Waals surface area (Å²) in [5, 5.41) is 3.50. The number of H-pyrrole nitrogens is 1. The molecule has 140 valence electrons. The molecule has 1 aromatic heterocycles. The third kappa shape index (κ3) is 3.67. The molecule has 0 aliphatic heterocycles. The van der Waals surface area contributed by atoms with Crippen molar-refractivity contribution in [1.82, 2.24) is 9.88 Å². The maximum Gasteiger partial charge on any atom is 0.322 e. The number of carbonyl (C=O) groups is 1. The number of halogens is 2. The molecule has 3 aromatic rings. The van der Waals surface area contributed by atoms with Gasteiger partial charge in [-0.1, -0.05) is 0 Å². The van der Waals surface area contributed by atoms with E-state index in [-0.39, 0.29) is 11.4 Å². The molecule has 1 atom stereocenters. The zero-order chi connectivity index (χ0) is 19.7. The van der Waals surface area contributed by atoms with Gasteiger partial charge >= 0.3 is 6.03 Å². The highest BCUT2D eigenvalue weighted by molar-refractivity contribution is 5.90. The summed E-state index contributed by atoms with van der Waals surface area (Å²) in [5.41, 5.74) is 1.17. The molecule has 1 unspecified atom stereocenters. The molecular weight excluding hydrogens is 352 g/mol. The van der Waals surface area contributed by atoms with Gasteiger partial charge in [-0.05, 0) is 66.8 Å². The normalized spacial score (nSPS) is 12.0. The number of aryl methyl sites for hydroxylation is 1. The van der Waals surface area contributed by atoms with Crippen LogP contribution in [0.3, 0.4) is 0 Å². The van der Waals surface area contributed by atoms with Gasteiger partial charge in [0.15, 0.2) is 0 Å². The van der Waals surface area contributed by atoms with Crippen LogP contribution in [-0.2, 0) is 0 Å². The van der Waals surface area contributed by atoms with Gasteiger partial charge in [0.1, 0.15) is 11.6 Å². The molecule has 2 N–H and O–H groups in total. The standard InChI is InChI=1S/C20H19F2N3O2/c1-11-8-14(5-7-18(11)22)24-20(27)25(3)12(2)17-10-23-19(26)15-6-4-13(21)9-16(15)17/h4-10,12H,1-3H3,(H,23,26)(H,24,27). The van der Waals surface area contributed by atoms with Crippen molar-refractivity contribution in [1.29, 1.82) is 0 Å². The van der Waals surface area contributed by atoms with Gasteiger partial charge in [-0.15, -0.1) is 0 Å². The molecule has 0 fully saturated rings. The maximum absolute atomic E-state index is 13.7. The Hall–Kier alpha value is -3.22. The summed E-state index contributed by atoms with van der Waals surface area (Å²) in [4.78, 5) is 28.6. The van der Waals surface area contributed by atoms with Crippen molar-refractivity contribution < 1.29 is 13.6 Å². The predicted molar refractivity (Wildman–Crippen MR) is 101 cm³/mol. The van der Waals surface area contributed by atoms with E-state index >= 15 is 0 Å². The number of hydrogen-bond acceptors (Lipinski definition) is 2. The summed E-state index contributed by atoms with van der Waals surface area (Å²) in [6.07, 6.45) is 1.49. The lowest BCUT2D eigenvalue weighted by atomic mass is 10.0. The summed E-state index contributed by atoms with van der Waals surface area (Å²) in [6, 6.07) is 7.36. The number of aromatic nitrogens is 1. The second-order valence-corrected chi connectivity index (χ2v) is 6.44. The molecule has 1 heterocycles. The number of aromatic amines is 1. The number of amides is 2. The summed E-state index contributed by atoms with van der Waals surface area (Å²) in [5.74, 6) is -0.813. The quantitative estimate of drug-likeness (QED) is 0.719. The third-order valence-electron chi connectivity index (χ3n) is 4.66. The van der Waals surface area contributed by atoms with E-state index in [1.807, 2.05) is 0 Å². The second-order valence-electron chi connectivity index (χ2n) is 6.44. The van der Waals surface area contributed by atoms with E-state index in [4.69, 9.17) is 0 Å². The van der Waals surface area contributed by atoms with E-state index in [2.05, 4.69) is 10.3 Å². The van der Waals surface area contributed by atoms with Crippen molar-refractivity contribution in [2.24, 2.45) is 0 Å². The predicted octanol–water partition coefficient (Wildman–Crippen LogP) is 4.34. The van der Waals surface area contributed by atoms with Crippen molar-refractivity contribution in [3.63, 3.8) is 0 Å². The molecule has 0 bridgehead atoms. The molecule has 0 saturated heterocycles. The average molecular weight is 371 g/mol. The lowest BCUT2D eigenvalue weighted by molar-refractivity contribution is 0.208. The van der Waals surface area contributed by atoms with Gasteiger partial charge in [0.25, 0.3) is 5.56 Å². The molecule has 2 amide bonds. The molecule has 3 rings (SSSR count). The number of nitrogens with zero attached hydrogens (tertiary/aromatic N) is 1. The maximum atomic E-state index is 13.7. The number of nitrogens with one attached hydrogen (secondary N) is 2. The fourth-order valence-corrected chi connectivity index (χ4v) is 2.92. The molecule has 0 aliphatic carbocycles. The highest BCUT2D eigenvalue weighted by Gasteiger charge is 2.20. The number of rotatable bonds is 3. The molecule has 27 heavy (non-hydrogen) atoms. The first-order valence-corrected chi connectivity index (χ1v) is 8.38. The van der Waals surface area contributed by atoms with Gasteiger partial charge in [-0.2, -0.15) is 0 Å². The van der Waals surface area contributed by atoms with Gasteiger partial charge < -0.3 is 15.2 Å². The second kappa shape index (κ2) is 7.19. The minimum absolute atomic E-state index is 0.324. The number of urea groups is 1. The van der Waals surface area contributed by atoms with Crippen LogP contribution in [0.2, 0.25) is 0 Å². The minimum atomic E-state index is -0.463. The van der Waals surface area contributed by atoms with Crippen molar-refractivity contribution in [3.8, 4) is 0 Å². The van der Waals surface area contributed by atoms with Crippen LogP contribution in [0.25, 0.3) is 10.8 Å². The lowest BCUT2D eigenvalue weighted by Crippen LogP contribution is -2.34. The molecule has 7 heteroatoms. The summed E-state index contributed by atoms with van der Waals surface area (Å²) < 4.78 is 27.1. The van der Waals surface area contributed by atoms with E-state index in [0.29, 0.717) is 27.6 Å². The van der Waals surface area contributed by atoms with Gasteiger partial charge in [-0.3, -0.25) is 4.79 Å². The number of pyridine rings is 1. The molecular formula is C20H19F2N3O2. The Morgan fingerprint density at radius 2 is 1.89 bits per heavy atom. The van der Waals surface area contributed by atoms with Crippen molar-refractivity contribution in [2.45, 2.75) is 19.9 Å². The fraction of sp³-hybridized carbons (Fsp3) is 0.200. The van der Waals surface area contributed by atoms with Crippen LogP contribution >= 0.6 is 0 Å². The van der Waals surface area contributed by atoms with Gasteiger partial charge in [-0.25, -0.2) is 13.6 Å². The molecule has 5 nitrogen and oxygen atoms in total. The van der Waals surface area contributed by atoms with Gasteiger partial charge in [0.05, 0.1) is 6.04 Å². The Balaban J connectivity index is 1.89. The van der Waals surface area contributed by atoms with E-state index < -0.39 is 17.9 Å². The third-order valence-corrected chi connectivity index (χ3v) is 4.66. The van der Waals surface area contributed by atoms with Crippen LogP contribution in [0, 0.1) is 18.6 Å². The highest BCUT2D eigenvalue weighted by atomic mass is 19.1. The Labute approximate surface area is 154 Å². The number of benzene rings is 2. The van der Waals surface area contributed by atoms with Gasteiger partial charge in [0, 0.05) is 24.3 Å². The lowest BCUT2D eigenvalue weighted by Gasteiger charge is -2.26. The Bertz CT molecular complexity index is 1080. The number of hydrogen-bond donors (Lipinski definition) is 2. The average Bonchev–Trinajstić information content (AvgIpc) is 2.63. The van der Waals surface area contributed by atoms with Crippen LogP contribution in [-0.4, -0.2) is 23.0 Å². The Morgan fingerprint density at radius 1 is 1.15 bits per heavy atom. The largest absolute Gasteiger partial charge is 0.328 e. The monoisotopic (exact) mass is 371 g/mol. The summed E-state index contributed by atoms with van der Waals surface area (Å²) in [6.45, 7) is 3.38. The molecule has 0 saturated carbocycles. The first-order chi connectivity index (χ1) is 12.8. The van der Waals surface area contributed by atoms with Crippen LogP contribution in [0.1, 0.15) is 24.1 Å². The smallest absolute Gasteiger partial charge is 0.322 e. The SMILES string of the molecule is Cc1cc(NC(=O)N(C)C(C)c2c[nH]c(=O)c3ccc(F)cc23)ccc1F. The fourth-order valence-electron chi connectivity index (χ4n) is 2.92. The molecule has 0 radical (unpaired) electrons. The van der Waals surface area contributed by atoms with Crippen molar-refractivity contribution in [2.75, 3.05) is 12.4 Å². The minimum Gasteiger partial charge on any atom is -0.328 e. The number of carbonyl (C=O) groups excluding carboxylic acids is 1. The van der Waals surface area contributed by atoms with Crippen LogP contribution in [0.15, 0.2) is 47.4 Å². The van der Waals surface area contributed by atoms with Crippen molar-refractivity contribution >= 4 is 22.5 Å². The van der Waals surface area contributed by atoms with Crippen molar-refractivity contribution in [3.05, 3.63) is 75.7 Å². The van der Waals surface area contributed by atoms with E-state index in [0.717, 1.165) is 0 Å². The van der Waals surface area contributed by atoms with Crippen LogP contribution < -0.4 is 10.9 Å². The zero-order valence-electron chi connectivity index (χ0n) is 15.1. The Kier molecular flexibility index (Phi) is 4.94. The Morgan fingerprint density at radius 3 is 2.59 bits per heavy atom. The van der Waals surface area contributed by atoms with E-state index in [1.54, 1.807) is 20.9 Å². The summed E-state index contributed by atoms with van der Waals surface area (Å²) >= 11 is 0. The number of anilines is 1. The first kappa shape index (κ1) is 18.6. The van der Waals surface area contributed by atoms with Gasteiger partial charge in [0.2, 0.25) is 0 Å². The van der Waals surface area contributed by atoms with E-state index in [9.17, 15) is 18.4 Å². The highest BCUT2D eigenvalue weighted by Crippen LogP contribution is 2.26. The molecule has 0 spiro atoms. The number of fused-ring (bicyclic) bond motifs is 1. The van der Waals surface area contributed by atoms with Crippen LogP contribution in [0.5, 0.6) is 0 Å². The zero-order valence-corrected chi connectivity index (χ0v) is 15.1.